The zero-order valence-corrected chi connectivity index (χ0v) is 16.3. The van der Waals surface area contributed by atoms with Crippen molar-refractivity contribution in [1.29, 1.82) is 0 Å². The number of benzene rings is 1. The number of aromatic nitrogens is 3. The molecule has 2 aliphatic heterocycles. The van der Waals surface area contributed by atoms with Crippen LogP contribution in [0.1, 0.15) is 13.3 Å². The first kappa shape index (κ1) is 17.5. The van der Waals surface area contributed by atoms with Crippen molar-refractivity contribution in [2.45, 2.75) is 18.9 Å². The fourth-order valence-electron chi connectivity index (χ4n) is 3.46. The van der Waals surface area contributed by atoms with Crippen molar-refractivity contribution in [2.24, 2.45) is 4.99 Å². The Balaban J connectivity index is 1.45. The molecule has 29 heavy (non-hydrogen) atoms. The number of rotatable bonds is 3. The summed E-state index contributed by atoms with van der Waals surface area (Å²) in [6.07, 6.45) is 7.01. The predicted molar refractivity (Wildman–Crippen MR) is 111 cm³/mol. The largest absolute Gasteiger partial charge is 0.317 e. The van der Waals surface area contributed by atoms with Gasteiger partial charge in [0.25, 0.3) is 17.8 Å². The molecule has 0 radical (unpaired) electrons. The lowest BCUT2D eigenvalue weighted by atomic mass is 9.91. The standard InChI is InChI=1S/C20H16N6O2S/c1-20(11-16(27)21-15-9-5-6-10-25(15)20)17(28)22-18-23-19-26(24-18)14(12-29-19)13-7-3-2-4-8-13/h2-10,12H,11H2,1H3,(H,22,24,28). The lowest BCUT2D eigenvalue weighted by Crippen LogP contribution is -2.58. The van der Waals surface area contributed by atoms with Gasteiger partial charge in [-0.1, -0.05) is 36.4 Å². The smallest absolute Gasteiger partial charge is 0.253 e. The molecular weight excluding hydrogens is 388 g/mol. The average molecular weight is 404 g/mol. The molecule has 1 unspecified atom stereocenters. The summed E-state index contributed by atoms with van der Waals surface area (Å²) >= 11 is 1.44. The number of nitrogens with one attached hydrogen (secondary N) is 1. The number of allylic oxidation sites excluding steroid dienone is 2. The van der Waals surface area contributed by atoms with Crippen LogP contribution in [0.4, 0.5) is 5.95 Å². The maximum Gasteiger partial charge on any atom is 0.253 e. The first-order valence-corrected chi connectivity index (χ1v) is 9.89. The van der Waals surface area contributed by atoms with Crippen molar-refractivity contribution in [3.8, 4) is 11.3 Å². The fourth-order valence-corrected chi connectivity index (χ4v) is 4.29. The lowest BCUT2D eigenvalue weighted by molar-refractivity contribution is -0.130. The molecule has 4 heterocycles. The Kier molecular flexibility index (Phi) is 3.92. The molecule has 5 rings (SSSR count). The minimum Gasteiger partial charge on any atom is -0.317 e. The summed E-state index contributed by atoms with van der Waals surface area (Å²) in [5, 5.41) is 9.21. The van der Waals surface area contributed by atoms with Crippen molar-refractivity contribution in [3.05, 3.63) is 60.1 Å². The van der Waals surface area contributed by atoms with E-state index in [-0.39, 0.29) is 24.2 Å². The Bertz CT molecular complexity index is 1220. The topological polar surface area (TPSA) is 92.0 Å². The second-order valence-electron chi connectivity index (χ2n) is 6.96. The quantitative estimate of drug-likeness (QED) is 0.725. The number of aliphatic imine (C=N–C) groups is 1. The number of hydrogen-bond acceptors (Lipinski definition) is 6. The SMILES string of the molecule is CC1(C(=O)Nc2nc3scc(-c4ccccc4)n3n2)CC(=O)N=C2C=CC=CN21. The van der Waals surface area contributed by atoms with E-state index in [1.54, 1.807) is 40.8 Å². The summed E-state index contributed by atoms with van der Waals surface area (Å²) in [4.78, 5) is 36.1. The van der Waals surface area contributed by atoms with E-state index in [0.29, 0.717) is 10.8 Å². The molecular formula is C20H16N6O2S. The molecule has 3 aromatic rings. The zero-order valence-electron chi connectivity index (χ0n) is 15.4. The average Bonchev–Trinajstić information content (AvgIpc) is 3.28. The monoisotopic (exact) mass is 404 g/mol. The third kappa shape index (κ3) is 2.87. The normalized spacial score (nSPS) is 20.7. The molecule has 0 spiro atoms. The first-order chi connectivity index (χ1) is 14.0. The highest BCUT2D eigenvalue weighted by Gasteiger charge is 2.45. The third-order valence-electron chi connectivity index (χ3n) is 4.97. The van der Waals surface area contributed by atoms with Crippen molar-refractivity contribution in [2.75, 3.05) is 5.32 Å². The van der Waals surface area contributed by atoms with Gasteiger partial charge in [-0.3, -0.25) is 14.9 Å². The van der Waals surface area contributed by atoms with E-state index in [2.05, 4.69) is 20.4 Å². The zero-order chi connectivity index (χ0) is 20.0. The molecule has 0 saturated heterocycles. The second kappa shape index (κ2) is 6.49. The van der Waals surface area contributed by atoms with Gasteiger partial charge in [-0.05, 0) is 19.1 Å². The number of carbonyl (C=O) groups is 2. The Labute approximate surface area is 169 Å². The van der Waals surface area contributed by atoms with Gasteiger partial charge in [-0.25, -0.2) is 4.52 Å². The van der Waals surface area contributed by atoms with Gasteiger partial charge in [-0.2, -0.15) is 9.98 Å². The predicted octanol–water partition coefficient (Wildman–Crippen LogP) is 2.87. The maximum absolute atomic E-state index is 13.1. The van der Waals surface area contributed by atoms with Crippen LogP contribution in [-0.4, -0.2) is 42.7 Å². The van der Waals surface area contributed by atoms with Crippen LogP contribution in [0.25, 0.3) is 16.2 Å². The summed E-state index contributed by atoms with van der Waals surface area (Å²) in [6.45, 7) is 1.71. The van der Waals surface area contributed by atoms with Gasteiger partial charge >= 0.3 is 0 Å². The molecule has 0 saturated carbocycles. The molecule has 1 aromatic carbocycles. The summed E-state index contributed by atoms with van der Waals surface area (Å²) in [5.41, 5.74) is 0.796. The number of amides is 2. The van der Waals surface area contributed by atoms with Gasteiger partial charge in [0.05, 0.1) is 12.1 Å². The molecule has 1 N–H and O–H groups in total. The summed E-state index contributed by atoms with van der Waals surface area (Å²) in [7, 11) is 0. The third-order valence-corrected chi connectivity index (χ3v) is 5.79. The van der Waals surface area contributed by atoms with Crippen molar-refractivity contribution in [3.63, 3.8) is 0 Å². The minimum atomic E-state index is -1.11. The number of carbonyl (C=O) groups excluding carboxylic acids is 2. The number of nitrogens with zero attached hydrogens (tertiary/aromatic N) is 5. The van der Waals surface area contributed by atoms with Crippen molar-refractivity contribution in [1.82, 2.24) is 19.5 Å². The molecule has 8 nitrogen and oxygen atoms in total. The molecule has 0 aliphatic carbocycles. The highest BCUT2D eigenvalue weighted by molar-refractivity contribution is 7.15. The van der Waals surface area contributed by atoms with E-state index >= 15 is 0 Å². The molecule has 9 heteroatoms. The van der Waals surface area contributed by atoms with Gasteiger partial charge in [0, 0.05) is 17.1 Å². The molecule has 144 valence electrons. The maximum atomic E-state index is 13.1. The van der Waals surface area contributed by atoms with Gasteiger partial charge in [-0.15, -0.1) is 16.4 Å². The van der Waals surface area contributed by atoms with E-state index in [0.717, 1.165) is 11.3 Å². The number of fused-ring (bicyclic) bond motifs is 2. The van der Waals surface area contributed by atoms with Crippen LogP contribution in [0.5, 0.6) is 0 Å². The van der Waals surface area contributed by atoms with Gasteiger partial charge in [0.2, 0.25) is 4.96 Å². The van der Waals surface area contributed by atoms with Crippen LogP contribution in [0.15, 0.2) is 65.1 Å². The Morgan fingerprint density at radius 2 is 2.07 bits per heavy atom. The fraction of sp³-hybridized carbons (Fsp3) is 0.150. The molecule has 0 bridgehead atoms. The van der Waals surface area contributed by atoms with Crippen LogP contribution in [0.3, 0.4) is 0 Å². The summed E-state index contributed by atoms with van der Waals surface area (Å²) in [5.74, 6) is -0.0449. The minimum absolute atomic E-state index is 0.0298. The molecule has 2 aliphatic rings. The Hall–Kier alpha value is -3.59. The number of hydrogen-bond donors (Lipinski definition) is 1. The van der Waals surface area contributed by atoms with Gasteiger partial charge in [0.15, 0.2) is 0 Å². The highest BCUT2D eigenvalue weighted by Crippen LogP contribution is 2.30. The van der Waals surface area contributed by atoms with E-state index in [1.807, 2.05) is 35.7 Å². The molecule has 2 amide bonds. The Morgan fingerprint density at radius 1 is 1.24 bits per heavy atom. The number of amidine groups is 1. The molecule has 0 fully saturated rings. The van der Waals surface area contributed by atoms with Crippen molar-refractivity contribution < 1.29 is 9.59 Å². The van der Waals surface area contributed by atoms with E-state index in [1.165, 1.54) is 11.3 Å². The molecule has 1 atom stereocenters. The number of thiazole rings is 1. The van der Waals surface area contributed by atoms with Crippen LogP contribution in [-0.2, 0) is 9.59 Å². The number of anilines is 1. The summed E-state index contributed by atoms with van der Waals surface area (Å²) < 4.78 is 1.71. The second-order valence-corrected chi connectivity index (χ2v) is 7.79. The lowest BCUT2D eigenvalue weighted by Gasteiger charge is -2.41. The first-order valence-electron chi connectivity index (χ1n) is 9.01. The van der Waals surface area contributed by atoms with Crippen molar-refractivity contribution >= 4 is 39.9 Å². The van der Waals surface area contributed by atoms with Crippen LogP contribution < -0.4 is 5.32 Å². The van der Waals surface area contributed by atoms with Crippen LogP contribution in [0, 0.1) is 0 Å². The van der Waals surface area contributed by atoms with Crippen LogP contribution in [0.2, 0.25) is 0 Å². The van der Waals surface area contributed by atoms with E-state index < -0.39 is 5.54 Å². The van der Waals surface area contributed by atoms with Gasteiger partial charge < -0.3 is 4.90 Å². The highest BCUT2D eigenvalue weighted by atomic mass is 32.1. The summed E-state index contributed by atoms with van der Waals surface area (Å²) in [6, 6.07) is 9.85. The molecule has 2 aromatic heterocycles. The van der Waals surface area contributed by atoms with Gasteiger partial charge in [0.1, 0.15) is 11.4 Å². The van der Waals surface area contributed by atoms with E-state index in [4.69, 9.17) is 0 Å². The van der Waals surface area contributed by atoms with Crippen LogP contribution >= 0.6 is 11.3 Å². The van der Waals surface area contributed by atoms with E-state index in [9.17, 15) is 9.59 Å². The Morgan fingerprint density at radius 3 is 2.90 bits per heavy atom.